The molecule has 2 aromatic carbocycles. The number of hydrogen-bond acceptors (Lipinski definition) is 6. The van der Waals surface area contributed by atoms with Crippen molar-refractivity contribution < 1.29 is 19.1 Å². The van der Waals surface area contributed by atoms with E-state index in [4.69, 9.17) is 4.74 Å². The van der Waals surface area contributed by atoms with Crippen molar-refractivity contribution in [3.05, 3.63) is 95.3 Å². The molecule has 0 saturated carbocycles. The summed E-state index contributed by atoms with van der Waals surface area (Å²) in [6.07, 6.45) is 4.62. The summed E-state index contributed by atoms with van der Waals surface area (Å²) in [5.41, 5.74) is 5.13. The van der Waals surface area contributed by atoms with Crippen LogP contribution in [0.4, 0.5) is 0 Å². The second kappa shape index (κ2) is 9.80. The Hall–Kier alpha value is -4.00. The SMILES string of the molecule is COC(=O)c1ccc(COc2ccc(C=NNC(=O)c3cccnc3)cc2)cc1. The van der Waals surface area contributed by atoms with E-state index in [1.807, 2.05) is 36.4 Å². The molecule has 1 aromatic heterocycles. The van der Waals surface area contributed by atoms with Gasteiger partial charge in [0.1, 0.15) is 12.4 Å². The molecule has 1 amide bonds. The van der Waals surface area contributed by atoms with Crippen molar-refractivity contribution in [2.75, 3.05) is 7.11 Å². The molecule has 3 rings (SSSR count). The van der Waals surface area contributed by atoms with E-state index in [1.165, 1.54) is 13.3 Å². The zero-order valence-corrected chi connectivity index (χ0v) is 15.7. The first-order valence-corrected chi connectivity index (χ1v) is 8.79. The van der Waals surface area contributed by atoms with E-state index in [9.17, 15) is 9.59 Å². The van der Waals surface area contributed by atoms with Gasteiger partial charge in [0.25, 0.3) is 5.91 Å². The van der Waals surface area contributed by atoms with Gasteiger partial charge in [-0.05, 0) is 59.7 Å². The number of hydrogen-bond donors (Lipinski definition) is 1. The predicted octanol–water partition coefficient (Wildman–Crippen LogP) is 3.21. The minimum Gasteiger partial charge on any atom is -0.489 e. The molecule has 0 unspecified atom stereocenters. The minimum atomic E-state index is -0.369. The van der Waals surface area contributed by atoms with E-state index in [-0.39, 0.29) is 11.9 Å². The number of hydrazone groups is 1. The fraction of sp³-hybridized carbons (Fsp3) is 0.0909. The number of carbonyl (C=O) groups is 2. The number of esters is 1. The number of nitrogens with one attached hydrogen (secondary N) is 1. The standard InChI is InChI=1S/C22H19N3O4/c1-28-22(27)18-8-4-17(5-9-18)15-29-20-10-6-16(7-11-20)13-24-25-21(26)19-3-2-12-23-14-19/h2-14H,15H2,1H3,(H,25,26). The lowest BCUT2D eigenvalue weighted by Gasteiger charge is -2.07. The van der Waals surface area contributed by atoms with Crippen LogP contribution in [0.1, 0.15) is 31.8 Å². The van der Waals surface area contributed by atoms with Crippen LogP contribution in [0.15, 0.2) is 78.2 Å². The van der Waals surface area contributed by atoms with Crippen molar-refractivity contribution in [2.24, 2.45) is 5.10 Å². The summed E-state index contributed by atoms with van der Waals surface area (Å²) in [5.74, 6) is -0.00235. The maximum absolute atomic E-state index is 11.9. The van der Waals surface area contributed by atoms with E-state index in [1.54, 1.807) is 36.7 Å². The Kier molecular flexibility index (Phi) is 6.67. The predicted molar refractivity (Wildman–Crippen MR) is 108 cm³/mol. The molecule has 0 atom stereocenters. The monoisotopic (exact) mass is 389 g/mol. The summed E-state index contributed by atoms with van der Waals surface area (Å²) in [4.78, 5) is 27.2. The van der Waals surface area contributed by atoms with Gasteiger partial charge in [-0.3, -0.25) is 9.78 Å². The number of pyridine rings is 1. The van der Waals surface area contributed by atoms with Gasteiger partial charge in [0.2, 0.25) is 0 Å². The Bertz CT molecular complexity index is 985. The summed E-state index contributed by atoms with van der Waals surface area (Å²) in [7, 11) is 1.35. The van der Waals surface area contributed by atoms with Gasteiger partial charge in [0.15, 0.2) is 0 Å². The van der Waals surface area contributed by atoms with E-state index in [2.05, 4.69) is 20.2 Å². The molecule has 7 heteroatoms. The molecule has 0 saturated heterocycles. The van der Waals surface area contributed by atoms with Gasteiger partial charge < -0.3 is 9.47 Å². The number of methoxy groups -OCH3 is 1. The summed E-state index contributed by atoms with van der Waals surface area (Å²) in [6.45, 7) is 0.371. The van der Waals surface area contributed by atoms with Gasteiger partial charge in [0.05, 0.1) is 24.5 Å². The van der Waals surface area contributed by atoms with Crippen LogP contribution in [0.2, 0.25) is 0 Å². The van der Waals surface area contributed by atoms with Crippen LogP contribution in [-0.2, 0) is 11.3 Å². The van der Waals surface area contributed by atoms with Crippen LogP contribution in [0.3, 0.4) is 0 Å². The Morgan fingerprint density at radius 2 is 1.79 bits per heavy atom. The summed E-state index contributed by atoms with van der Waals surface area (Å²) >= 11 is 0. The largest absolute Gasteiger partial charge is 0.489 e. The molecule has 0 radical (unpaired) electrons. The molecular formula is C22H19N3O4. The number of rotatable bonds is 7. The Balaban J connectivity index is 1.49. The second-order valence-corrected chi connectivity index (χ2v) is 5.99. The molecule has 0 bridgehead atoms. The van der Waals surface area contributed by atoms with Crippen molar-refractivity contribution in [3.8, 4) is 5.75 Å². The number of carbonyl (C=O) groups excluding carboxylic acids is 2. The lowest BCUT2D eigenvalue weighted by Crippen LogP contribution is -2.17. The fourth-order valence-corrected chi connectivity index (χ4v) is 2.40. The number of ether oxygens (including phenoxy) is 2. The highest BCUT2D eigenvalue weighted by Crippen LogP contribution is 2.14. The van der Waals surface area contributed by atoms with Gasteiger partial charge in [0, 0.05) is 12.4 Å². The average molecular weight is 389 g/mol. The molecule has 146 valence electrons. The van der Waals surface area contributed by atoms with Crippen molar-refractivity contribution in [2.45, 2.75) is 6.61 Å². The lowest BCUT2D eigenvalue weighted by atomic mass is 10.1. The first-order valence-electron chi connectivity index (χ1n) is 8.79. The Labute approximate surface area is 168 Å². The molecule has 7 nitrogen and oxygen atoms in total. The number of nitrogens with zero attached hydrogens (tertiary/aromatic N) is 2. The lowest BCUT2D eigenvalue weighted by molar-refractivity contribution is 0.0600. The third kappa shape index (κ3) is 5.74. The summed E-state index contributed by atoms with van der Waals surface area (Å²) < 4.78 is 10.4. The fourth-order valence-electron chi connectivity index (χ4n) is 2.40. The molecule has 0 spiro atoms. The van der Waals surface area contributed by atoms with Crippen molar-refractivity contribution in [3.63, 3.8) is 0 Å². The maximum Gasteiger partial charge on any atom is 0.337 e. The van der Waals surface area contributed by atoms with Crippen LogP contribution < -0.4 is 10.2 Å². The van der Waals surface area contributed by atoms with Gasteiger partial charge in [-0.15, -0.1) is 0 Å². The highest BCUT2D eigenvalue weighted by atomic mass is 16.5. The first-order chi connectivity index (χ1) is 14.2. The van der Waals surface area contributed by atoms with Crippen molar-refractivity contribution >= 4 is 18.1 Å². The van der Waals surface area contributed by atoms with E-state index >= 15 is 0 Å². The zero-order chi connectivity index (χ0) is 20.5. The summed E-state index contributed by atoms with van der Waals surface area (Å²) in [6, 6.07) is 17.7. The Morgan fingerprint density at radius 3 is 2.45 bits per heavy atom. The average Bonchev–Trinajstić information content (AvgIpc) is 2.79. The third-order valence-corrected chi connectivity index (χ3v) is 3.96. The Morgan fingerprint density at radius 1 is 1.03 bits per heavy atom. The number of amides is 1. The quantitative estimate of drug-likeness (QED) is 0.381. The molecule has 0 aliphatic carbocycles. The maximum atomic E-state index is 11.9. The van der Waals surface area contributed by atoms with Crippen LogP contribution in [0.5, 0.6) is 5.75 Å². The normalized spacial score (nSPS) is 10.5. The molecule has 1 N–H and O–H groups in total. The van der Waals surface area contributed by atoms with Gasteiger partial charge in [-0.25, -0.2) is 10.2 Å². The topological polar surface area (TPSA) is 89.9 Å². The molecule has 0 fully saturated rings. The third-order valence-electron chi connectivity index (χ3n) is 3.96. The highest BCUT2D eigenvalue weighted by molar-refractivity contribution is 5.94. The van der Waals surface area contributed by atoms with Crippen molar-refractivity contribution in [1.29, 1.82) is 0 Å². The van der Waals surface area contributed by atoms with Gasteiger partial charge in [-0.2, -0.15) is 5.10 Å². The van der Waals surface area contributed by atoms with E-state index in [0.29, 0.717) is 23.5 Å². The zero-order valence-electron chi connectivity index (χ0n) is 15.7. The molecule has 0 aliphatic rings. The highest BCUT2D eigenvalue weighted by Gasteiger charge is 2.05. The molecule has 3 aromatic rings. The van der Waals surface area contributed by atoms with Gasteiger partial charge in [-0.1, -0.05) is 12.1 Å². The minimum absolute atomic E-state index is 0.326. The van der Waals surface area contributed by atoms with E-state index in [0.717, 1.165) is 11.1 Å². The second-order valence-electron chi connectivity index (χ2n) is 5.99. The van der Waals surface area contributed by atoms with Crippen LogP contribution in [0, 0.1) is 0 Å². The van der Waals surface area contributed by atoms with Crippen LogP contribution in [-0.4, -0.2) is 30.2 Å². The summed E-state index contributed by atoms with van der Waals surface area (Å²) in [5, 5.41) is 3.94. The van der Waals surface area contributed by atoms with Crippen molar-refractivity contribution in [1.82, 2.24) is 10.4 Å². The molecule has 0 aliphatic heterocycles. The van der Waals surface area contributed by atoms with Gasteiger partial charge >= 0.3 is 5.97 Å². The number of aromatic nitrogens is 1. The molecule has 29 heavy (non-hydrogen) atoms. The van der Waals surface area contributed by atoms with Crippen LogP contribution in [0.25, 0.3) is 0 Å². The molecule has 1 heterocycles. The van der Waals surface area contributed by atoms with E-state index < -0.39 is 0 Å². The first kappa shape index (κ1) is 19.8. The smallest absolute Gasteiger partial charge is 0.337 e. The van der Waals surface area contributed by atoms with Crippen LogP contribution >= 0.6 is 0 Å². The molecular weight excluding hydrogens is 370 g/mol. The number of benzene rings is 2.